The van der Waals surface area contributed by atoms with E-state index in [1.165, 1.54) is 0 Å². The molecule has 0 spiro atoms. The maximum Gasteiger partial charge on any atom is 0.407 e. The van der Waals surface area contributed by atoms with Crippen molar-refractivity contribution in [1.82, 2.24) is 10.2 Å². The van der Waals surface area contributed by atoms with Crippen LogP contribution < -0.4 is 10.1 Å². The lowest BCUT2D eigenvalue weighted by atomic mass is 10.1. The molecule has 1 fully saturated rings. The molecule has 0 aromatic heterocycles. The van der Waals surface area contributed by atoms with Crippen LogP contribution in [0.3, 0.4) is 0 Å². The molecule has 2 rings (SSSR count). The van der Waals surface area contributed by atoms with Crippen LogP contribution in [0.15, 0.2) is 18.2 Å². The maximum absolute atomic E-state index is 11.8. The van der Waals surface area contributed by atoms with Gasteiger partial charge in [-0.3, -0.25) is 0 Å². The molecule has 28 heavy (non-hydrogen) atoms. The van der Waals surface area contributed by atoms with E-state index in [0.29, 0.717) is 19.1 Å². The van der Waals surface area contributed by atoms with Crippen LogP contribution in [0.1, 0.15) is 53.5 Å². The molecule has 5 nitrogen and oxygen atoms in total. The molecule has 0 aliphatic carbocycles. The number of nitrogens with zero attached hydrogens (tertiary/aromatic N) is 1. The van der Waals surface area contributed by atoms with Crippen molar-refractivity contribution >= 4 is 17.7 Å². The SMILES string of the molecule is CC.CCOc1ccc(Cl)cc1CCN1CCC(CNC(=O)OC(C)(C)C)C1. The Hall–Kier alpha value is -1.46. The smallest absolute Gasteiger partial charge is 0.407 e. The Morgan fingerprint density at radius 1 is 1.32 bits per heavy atom. The van der Waals surface area contributed by atoms with Crippen LogP contribution in [0.5, 0.6) is 5.75 Å². The Balaban J connectivity index is 0.00000190. The van der Waals surface area contributed by atoms with Crippen LogP contribution in [0, 0.1) is 5.92 Å². The molecule has 1 aromatic rings. The quantitative estimate of drug-likeness (QED) is 0.672. The monoisotopic (exact) mass is 412 g/mol. The van der Waals surface area contributed by atoms with Gasteiger partial charge in [0.2, 0.25) is 0 Å². The predicted octanol–water partition coefficient (Wildman–Crippen LogP) is 5.15. The van der Waals surface area contributed by atoms with Crippen molar-refractivity contribution in [3.05, 3.63) is 28.8 Å². The van der Waals surface area contributed by atoms with Gasteiger partial charge in [-0.2, -0.15) is 0 Å². The molecule has 1 unspecified atom stereocenters. The summed E-state index contributed by atoms with van der Waals surface area (Å²) in [6.07, 6.45) is 1.66. The minimum absolute atomic E-state index is 0.337. The average Bonchev–Trinajstić information content (AvgIpc) is 3.08. The van der Waals surface area contributed by atoms with E-state index in [1.54, 1.807) is 0 Å². The fourth-order valence-corrected chi connectivity index (χ4v) is 3.34. The third-order valence-corrected chi connectivity index (χ3v) is 4.56. The van der Waals surface area contributed by atoms with Crippen molar-refractivity contribution < 1.29 is 14.3 Å². The van der Waals surface area contributed by atoms with Crippen molar-refractivity contribution in [2.45, 2.75) is 60.0 Å². The number of amides is 1. The highest BCUT2D eigenvalue weighted by molar-refractivity contribution is 6.30. The first-order valence-electron chi connectivity index (χ1n) is 10.4. The summed E-state index contributed by atoms with van der Waals surface area (Å²) in [6, 6.07) is 5.80. The van der Waals surface area contributed by atoms with E-state index in [0.717, 1.165) is 48.8 Å². The standard InChI is InChI=1S/C20H31ClN2O3.C2H6/c1-5-25-18-7-6-17(21)12-16(18)9-11-23-10-8-15(14-23)13-22-19(24)26-20(2,3)4;1-2/h6-7,12,15H,5,8-11,13-14H2,1-4H3,(H,22,24);1-2H3. The zero-order chi connectivity index (χ0) is 21.2. The minimum Gasteiger partial charge on any atom is -0.494 e. The van der Waals surface area contributed by atoms with Crippen molar-refractivity contribution in [1.29, 1.82) is 0 Å². The van der Waals surface area contributed by atoms with Gasteiger partial charge in [-0.05, 0) is 76.8 Å². The van der Waals surface area contributed by atoms with E-state index in [2.05, 4.69) is 10.2 Å². The highest BCUT2D eigenvalue weighted by atomic mass is 35.5. The maximum atomic E-state index is 11.8. The molecule has 0 radical (unpaired) electrons. The Kier molecular flexibility index (Phi) is 10.7. The first-order chi connectivity index (χ1) is 13.3. The number of hydrogen-bond donors (Lipinski definition) is 1. The summed E-state index contributed by atoms with van der Waals surface area (Å²) in [4.78, 5) is 14.2. The molecule has 1 aliphatic heterocycles. The molecular weight excluding hydrogens is 376 g/mol. The van der Waals surface area contributed by atoms with E-state index >= 15 is 0 Å². The molecule has 1 heterocycles. The molecule has 1 aromatic carbocycles. The zero-order valence-corrected chi connectivity index (χ0v) is 19.1. The lowest BCUT2D eigenvalue weighted by Gasteiger charge is -2.21. The Morgan fingerprint density at radius 3 is 2.68 bits per heavy atom. The molecule has 0 bridgehead atoms. The number of ether oxygens (including phenoxy) is 2. The van der Waals surface area contributed by atoms with Crippen molar-refractivity contribution in [3.8, 4) is 5.75 Å². The number of benzene rings is 1. The second-order valence-corrected chi connectivity index (χ2v) is 8.21. The van der Waals surface area contributed by atoms with Gasteiger partial charge in [0.05, 0.1) is 6.61 Å². The van der Waals surface area contributed by atoms with Gasteiger partial charge in [-0.1, -0.05) is 25.4 Å². The van der Waals surface area contributed by atoms with Crippen LogP contribution in [0.4, 0.5) is 4.79 Å². The summed E-state index contributed by atoms with van der Waals surface area (Å²) < 4.78 is 11.0. The molecule has 1 atom stereocenters. The van der Waals surface area contributed by atoms with Crippen LogP contribution in [-0.2, 0) is 11.2 Å². The van der Waals surface area contributed by atoms with Gasteiger partial charge in [0, 0.05) is 24.7 Å². The van der Waals surface area contributed by atoms with Gasteiger partial charge >= 0.3 is 6.09 Å². The largest absolute Gasteiger partial charge is 0.494 e. The third-order valence-electron chi connectivity index (χ3n) is 4.32. The van der Waals surface area contributed by atoms with E-state index in [-0.39, 0.29) is 6.09 Å². The van der Waals surface area contributed by atoms with Gasteiger partial charge in [-0.15, -0.1) is 0 Å². The van der Waals surface area contributed by atoms with Crippen LogP contribution in [0.25, 0.3) is 0 Å². The second-order valence-electron chi connectivity index (χ2n) is 7.77. The molecule has 0 saturated carbocycles. The van der Waals surface area contributed by atoms with Crippen LogP contribution in [-0.4, -0.2) is 49.4 Å². The topological polar surface area (TPSA) is 50.8 Å². The van der Waals surface area contributed by atoms with E-state index < -0.39 is 5.60 Å². The zero-order valence-electron chi connectivity index (χ0n) is 18.3. The van der Waals surface area contributed by atoms with Crippen molar-refractivity contribution in [2.75, 3.05) is 32.8 Å². The third kappa shape index (κ3) is 9.16. The number of rotatable bonds is 7. The van der Waals surface area contributed by atoms with Crippen molar-refractivity contribution in [2.24, 2.45) is 5.92 Å². The average molecular weight is 413 g/mol. The second kappa shape index (κ2) is 12.2. The van der Waals surface area contributed by atoms with Crippen molar-refractivity contribution in [3.63, 3.8) is 0 Å². The van der Waals surface area contributed by atoms with Gasteiger partial charge in [0.25, 0.3) is 0 Å². The molecule has 1 aliphatic rings. The number of alkyl carbamates (subject to hydrolysis) is 1. The number of nitrogens with one attached hydrogen (secondary N) is 1. The summed E-state index contributed by atoms with van der Waals surface area (Å²) >= 11 is 6.13. The Bertz CT molecular complexity index is 602. The molecular formula is C22H37ClN2O3. The minimum atomic E-state index is -0.457. The molecule has 1 amide bonds. The molecule has 160 valence electrons. The number of carbonyl (C=O) groups is 1. The van der Waals surface area contributed by atoms with E-state index in [1.807, 2.05) is 59.7 Å². The Morgan fingerprint density at radius 2 is 2.04 bits per heavy atom. The summed E-state index contributed by atoms with van der Waals surface area (Å²) in [7, 11) is 0. The van der Waals surface area contributed by atoms with Crippen LogP contribution in [0.2, 0.25) is 5.02 Å². The molecule has 1 saturated heterocycles. The van der Waals surface area contributed by atoms with E-state index in [9.17, 15) is 4.79 Å². The highest BCUT2D eigenvalue weighted by Crippen LogP contribution is 2.24. The summed E-state index contributed by atoms with van der Waals surface area (Å²) in [5.41, 5.74) is 0.691. The Labute approximate surface area is 175 Å². The highest BCUT2D eigenvalue weighted by Gasteiger charge is 2.24. The van der Waals surface area contributed by atoms with Gasteiger partial charge in [0.1, 0.15) is 11.4 Å². The number of likely N-dealkylation sites (tertiary alicyclic amines) is 1. The summed E-state index contributed by atoms with van der Waals surface area (Å²) in [5.74, 6) is 1.38. The first-order valence-corrected chi connectivity index (χ1v) is 10.7. The summed E-state index contributed by atoms with van der Waals surface area (Å²) in [6.45, 7) is 15.9. The number of hydrogen-bond acceptors (Lipinski definition) is 4. The predicted molar refractivity (Wildman–Crippen MR) is 116 cm³/mol. The lowest BCUT2D eigenvalue weighted by Crippen LogP contribution is -2.36. The fraction of sp³-hybridized carbons (Fsp3) is 0.682. The van der Waals surface area contributed by atoms with Gasteiger partial charge in [0.15, 0.2) is 0 Å². The fourth-order valence-electron chi connectivity index (χ4n) is 3.14. The number of halogens is 1. The molecule has 1 N–H and O–H groups in total. The van der Waals surface area contributed by atoms with Gasteiger partial charge < -0.3 is 19.7 Å². The van der Waals surface area contributed by atoms with E-state index in [4.69, 9.17) is 21.1 Å². The molecule has 6 heteroatoms. The van der Waals surface area contributed by atoms with Gasteiger partial charge in [-0.25, -0.2) is 4.79 Å². The lowest BCUT2D eigenvalue weighted by molar-refractivity contribution is 0.0519. The van der Waals surface area contributed by atoms with Crippen LogP contribution >= 0.6 is 11.6 Å². The first kappa shape index (κ1) is 24.6. The summed E-state index contributed by atoms with van der Waals surface area (Å²) in [5, 5.41) is 3.62. The number of carbonyl (C=O) groups excluding carboxylic acids is 1. The normalized spacial score (nSPS) is 16.9.